The average molecular weight is 444 g/mol. The van der Waals surface area contributed by atoms with Crippen molar-refractivity contribution in [3.05, 3.63) is 82.0 Å². The highest BCUT2D eigenvalue weighted by Crippen LogP contribution is 2.23. The number of hydrogen-bond acceptors (Lipinski definition) is 5. The summed E-state index contributed by atoms with van der Waals surface area (Å²) in [6.07, 6.45) is 0. The second kappa shape index (κ2) is 9.21. The monoisotopic (exact) mass is 443 g/mol. The van der Waals surface area contributed by atoms with Crippen molar-refractivity contribution < 1.29 is 18.0 Å². The number of carbonyl (C=O) groups excluding carboxylic acids is 2. The van der Waals surface area contributed by atoms with Crippen LogP contribution in [0.25, 0.3) is 0 Å². The van der Waals surface area contributed by atoms with Crippen molar-refractivity contribution in [1.82, 2.24) is 9.62 Å². The van der Waals surface area contributed by atoms with Gasteiger partial charge in [-0.15, -0.1) is 11.3 Å². The molecule has 156 valence electrons. The molecule has 2 N–H and O–H groups in total. The lowest BCUT2D eigenvalue weighted by atomic mass is 10.1. The molecule has 0 saturated heterocycles. The quantitative estimate of drug-likeness (QED) is 0.586. The third kappa shape index (κ3) is 4.93. The van der Waals surface area contributed by atoms with Gasteiger partial charge in [0, 0.05) is 26.2 Å². The number of carbonyl (C=O) groups is 2. The number of thiophene rings is 1. The van der Waals surface area contributed by atoms with Crippen molar-refractivity contribution in [2.75, 3.05) is 19.4 Å². The number of nitrogens with zero attached hydrogens (tertiary/aromatic N) is 1. The molecule has 0 fully saturated rings. The zero-order valence-electron chi connectivity index (χ0n) is 16.5. The van der Waals surface area contributed by atoms with Gasteiger partial charge >= 0.3 is 0 Å². The largest absolute Gasteiger partial charge is 0.347 e. The summed E-state index contributed by atoms with van der Waals surface area (Å²) in [4.78, 5) is 25.3. The van der Waals surface area contributed by atoms with E-state index in [9.17, 15) is 18.0 Å². The molecule has 0 atom stereocenters. The third-order valence-electron chi connectivity index (χ3n) is 4.31. The van der Waals surface area contributed by atoms with E-state index in [4.69, 9.17) is 0 Å². The fraction of sp³-hybridized carbons (Fsp3) is 0.143. The number of anilines is 1. The van der Waals surface area contributed by atoms with Gasteiger partial charge in [0.2, 0.25) is 10.0 Å². The summed E-state index contributed by atoms with van der Waals surface area (Å²) in [7, 11) is -0.828. The maximum atomic E-state index is 12.6. The van der Waals surface area contributed by atoms with Crippen LogP contribution < -0.4 is 10.6 Å². The summed E-state index contributed by atoms with van der Waals surface area (Å²) in [6.45, 7) is 0.336. The lowest BCUT2D eigenvalue weighted by Gasteiger charge is -2.15. The van der Waals surface area contributed by atoms with E-state index in [0.29, 0.717) is 17.0 Å². The highest BCUT2D eigenvalue weighted by molar-refractivity contribution is 7.89. The van der Waals surface area contributed by atoms with Gasteiger partial charge in [0.05, 0.1) is 10.6 Å². The molecule has 0 aliphatic rings. The standard InChI is InChI=1S/C21H21N3O4S2/c1-24(2)30(27,28)19-8-4-3-6-17(19)23-20(25)16-11-9-15(10-12-16)14-22-21(26)18-7-5-13-29-18/h3-13H,14H2,1-2H3,(H,22,26)(H,23,25). The first-order chi connectivity index (χ1) is 14.3. The van der Waals surface area contributed by atoms with Crippen LogP contribution in [0.3, 0.4) is 0 Å². The molecule has 1 heterocycles. The molecule has 1 aromatic heterocycles. The molecule has 0 aliphatic carbocycles. The molecule has 9 heteroatoms. The zero-order chi connectivity index (χ0) is 21.7. The summed E-state index contributed by atoms with van der Waals surface area (Å²) in [5, 5.41) is 7.32. The van der Waals surface area contributed by atoms with Crippen molar-refractivity contribution in [1.29, 1.82) is 0 Å². The fourth-order valence-electron chi connectivity index (χ4n) is 2.64. The summed E-state index contributed by atoms with van der Waals surface area (Å²) < 4.78 is 26.0. The van der Waals surface area contributed by atoms with Crippen molar-refractivity contribution >= 4 is 38.9 Å². The SMILES string of the molecule is CN(C)S(=O)(=O)c1ccccc1NC(=O)c1ccc(CNC(=O)c2cccs2)cc1. The van der Waals surface area contributed by atoms with Gasteiger partial charge in [-0.05, 0) is 41.3 Å². The molecule has 3 rings (SSSR count). The predicted octanol–water partition coefficient (Wildman–Crippen LogP) is 3.18. The number of sulfonamides is 1. The molecule has 0 unspecified atom stereocenters. The van der Waals surface area contributed by atoms with Crippen LogP contribution in [0.15, 0.2) is 70.9 Å². The van der Waals surface area contributed by atoms with E-state index in [1.165, 1.54) is 31.5 Å². The van der Waals surface area contributed by atoms with Gasteiger partial charge in [-0.2, -0.15) is 0 Å². The van der Waals surface area contributed by atoms with E-state index in [-0.39, 0.29) is 16.5 Å². The Balaban J connectivity index is 1.68. The van der Waals surface area contributed by atoms with E-state index < -0.39 is 15.9 Å². The Morgan fingerprint density at radius 3 is 2.27 bits per heavy atom. The lowest BCUT2D eigenvalue weighted by Crippen LogP contribution is -2.24. The van der Waals surface area contributed by atoms with Crippen molar-refractivity contribution in [2.24, 2.45) is 0 Å². The predicted molar refractivity (Wildman–Crippen MR) is 117 cm³/mol. The molecule has 0 bridgehead atoms. The Labute approximate surface area is 179 Å². The summed E-state index contributed by atoms with van der Waals surface area (Å²) in [6, 6.07) is 16.6. The van der Waals surface area contributed by atoms with Crippen molar-refractivity contribution in [2.45, 2.75) is 11.4 Å². The first-order valence-electron chi connectivity index (χ1n) is 9.02. The van der Waals surface area contributed by atoms with Crippen molar-refractivity contribution in [3.8, 4) is 0 Å². The van der Waals surface area contributed by atoms with Gasteiger partial charge in [0.1, 0.15) is 4.90 Å². The molecular formula is C21H21N3O4S2. The van der Waals surface area contributed by atoms with Crippen LogP contribution in [-0.2, 0) is 16.6 Å². The zero-order valence-corrected chi connectivity index (χ0v) is 18.1. The Hall–Kier alpha value is -3.01. The van der Waals surface area contributed by atoms with E-state index in [1.807, 2.05) is 11.4 Å². The van der Waals surface area contributed by atoms with E-state index in [0.717, 1.165) is 9.87 Å². The second-order valence-electron chi connectivity index (χ2n) is 6.59. The normalized spacial score (nSPS) is 11.3. The molecule has 0 spiro atoms. The minimum atomic E-state index is -3.70. The second-order valence-corrected chi connectivity index (χ2v) is 9.66. The molecule has 0 saturated carbocycles. The first-order valence-corrected chi connectivity index (χ1v) is 11.3. The number of hydrogen-bond donors (Lipinski definition) is 2. The Kier molecular flexibility index (Phi) is 6.66. The summed E-state index contributed by atoms with van der Waals surface area (Å²) in [5.41, 5.74) is 1.43. The average Bonchev–Trinajstić information content (AvgIpc) is 3.27. The molecule has 7 nitrogen and oxygen atoms in total. The van der Waals surface area contributed by atoms with Crippen LogP contribution in [0.2, 0.25) is 0 Å². The molecular weight excluding hydrogens is 422 g/mol. The smallest absolute Gasteiger partial charge is 0.261 e. The minimum absolute atomic E-state index is 0.0243. The Morgan fingerprint density at radius 2 is 1.63 bits per heavy atom. The number of benzene rings is 2. The van der Waals surface area contributed by atoms with Gasteiger partial charge in [0.15, 0.2) is 0 Å². The fourth-order valence-corrected chi connectivity index (χ4v) is 4.32. The Bertz CT molecular complexity index is 1140. The molecule has 2 aromatic carbocycles. The van der Waals surface area contributed by atoms with E-state index in [1.54, 1.807) is 48.5 Å². The number of rotatable bonds is 7. The molecule has 3 aromatic rings. The first kappa shape index (κ1) is 21.7. The van der Waals surface area contributed by atoms with Crippen LogP contribution in [0.5, 0.6) is 0 Å². The van der Waals surface area contributed by atoms with Crippen LogP contribution in [0, 0.1) is 0 Å². The Morgan fingerprint density at radius 1 is 0.933 bits per heavy atom. The molecule has 2 amide bonds. The maximum absolute atomic E-state index is 12.6. The van der Waals surface area contributed by atoms with Gasteiger partial charge in [-0.1, -0.05) is 30.3 Å². The summed E-state index contributed by atoms with van der Waals surface area (Å²) in [5.74, 6) is -0.573. The highest BCUT2D eigenvalue weighted by atomic mass is 32.2. The topological polar surface area (TPSA) is 95.6 Å². The molecule has 30 heavy (non-hydrogen) atoms. The number of nitrogens with one attached hydrogen (secondary N) is 2. The molecule has 0 aliphatic heterocycles. The maximum Gasteiger partial charge on any atom is 0.261 e. The van der Waals surface area contributed by atoms with Crippen LogP contribution in [0.1, 0.15) is 25.6 Å². The highest BCUT2D eigenvalue weighted by Gasteiger charge is 2.22. The van der Waals surface area contributed by atoms with Crippen molar-refractivity contribution in [3.63, 3.8) is 0 Å². The van der Waals surface area contributed by atoms with Gasteiger partial charge in [-0.3, -0.25) is 9.59 Å². The van der Waals surface area contributed by atoms with Gasteiger partial charge in [-0.25, -0.2) is 12.7 Å². The lowest BCUT2D eigenvalue weighted by molar-refractivity contribution is 0.0953. The van der Waals surface area contributed by atoms with Crippen LogP contribution in [-0.4, -0.2) is 38.6 Å². The summed E-state index contributed by atoms with van der Waals surface area (Å²) >= 11 is 1.37. The molecule has 0 radical (unpaired) electrons. The van der Waals surface area contributed by atoms with Gasteiger partial charge in [0.25, 0.3) is 11.8 Å². The number of para-hydroxylation sites is 1. The van der Waals surface area contributed by atoms with Gasteiger partial charge < -0.3 is 10.6 Å². The van der Waals surface area contributed by atoms with Crippen LogP contribution >= 0.6 is 11.3 Å². The minimum Gasteiger partial charge on any atom is -0.347 e. The van der Waals surface area contributed by atoms with E-state index >= 15 is 0 Å². The number of amides is 2. The van der Waals surface area contributed by atoms with E-state index in [2.05, 4.69) is 10.6 Å². The van der Waals surface area contributed by atoms with Crippen LogP contribution in [0.4, 0.5) is 5.69 Å². The third-order valence-corrected chi connectivity index (χ3v) is 7.05.